The molecule has 5 nitrogen and oxygen atoms in total. The first kappa shape index (κ1) is 25.2. The molecule has 1 aliphatic heterocycles. The van der Waals surface area contributed by atoms with Gasteiger partial charge in [-0.3, -0.25) is 4.99 Å². The third-order valence-electron chi connectivity index (χ3n) is 9.19. The Kier molecular flexibility index (Phi) is 5.28. The summed E-state index contributed by atoms with van der Waals surface area (Å²) in [6.07, 6.45) is 1.93. The van der Waals surface area contributed by atoms with Crippen LogP contribution in [0.4, 0.5) is 0 Å². The third-order valence-corrected chi connectivity index (χ3v) is 9.19. The number of hydrogen-bond donors (Lipinski definition) is 0. The zero-order chi connectivity index (χ0) is 30.2. The highest BCUT2D eigenvalue weighted by atomic mass is 16.3. The Labute approximate surface area is 264 Å². The smallest absolute Gasteiger partial charge is 0.164 e. The lowest BCUT2D eigenvalue weighted by atomic mass is 9.92. The Bertz CT molecular complexity index is 2460. The van der Waals surface area contributed by atoms with E-state index < -0.39 is 0 Å². The van der Waals surface area contributed by atoms with E-state index in [9.17, 15) is 0 Å². The normalized spacial score (nSPS) is 12.6. The predicted molar refractivity (Wildman–Crippen MR) is 185 cm³/mol. The molecule has 2 aliphatic rings. The highest BCUT2D eigenvalue weighted by Crippen LogP contribution is 2.50. The van der Waals surface area contributed by atoms with Crippen LogP contribution in [0.2, 0.25) is 0 Å². The monoisotopic (exact) mass is 588 g/mol. The lowest BCUT2D eigenvalue weighted by Gasteiger charge is -2.13. The fourth-order valence-corrected chi connectivity index (χ4v) is 7.12. The van der Waals surface area contributed by atoms with Crippen LogP contribution in [0.25, 0.3) is 89.3 Å². The van der Waals surface area contributed by atoms with Gasteiger partial charge in [-0.25, -0.2) is 15.0 Å². The Balaban J connectivity index is 1.23. The first-order chi connectivity index (χ1) is 22.8. The molecule has 2 aromatic heterocycles. The van der Waals surface area contributed by atoms with E-state index in [-0.39, 0.29) is 0 Å². The summed E-state index contributed by atoms with van der Waals surface area (Å²) in [5, 5.41) is 3.48. The average Bonchev–Trinajstić information content (AvgIpc) is 3.82. The topological polar surface area (TPSA) is 64.2 Å². The van der Waals surface area contributed by atoms with E-state index >= 15 is 0 Å². The minimum Gasteiger partial charge on any atom is -0.458 e. The van der Waals surface area contributed by atoms with Gasteiger partial charge in [0.1, 0.15) is 11.3 Å². The fourth-order valence-electron chi connectivity index (χ4n) is 7.12. The molecular formula is C41H24N4O. The Morgan fingerprint density at radius 2 is 1.00 bits per heavy atom. The average molecular weight is 589 g/mol. The van der Waals surface area contributed by atoms with E-state index in [1.807, 2.05) is 66.9 Å². The quantitative estimate of drug-likeness (QED) is 0.205. The van der Waals surface area contributed by atoms with Gasteiger partial charge in [-0.1, -0.05) is 115 Å². The van der Waals surface area contributed by atoms with E-state index in [0.717, 1.165) is 50.1 Å². The van der Waals surface area contributed by atoms with Crippen molar-refractivity contribution in [2.24, 2.45) is 4.99 Å². The molecule has 0 fully saturated rings. The molecule has 5 heteroatoms. The number of nitrogens with zero attached hydrogens (tertiary/aromatic N) is 4. The standard InChI is InChI=1S/C41H24N4O/c1-3-10-24(11-4-1)39-43-40(25-12-5-2-6-13-25)45-41(44-39)33-21-20-32(38-37(33)34-22-42-23-35(34)46-38)28-18-19-31-27-15-8-7-14-26(27)29-16-9-17-30(28)36(29)31/h1-22H,23H2. The maximum Gasteiger partial charge on any atom is 0.164 e. The minimum absolute atomic E-state index is 0.518. The molecule has 0 spiro atoms. The second-order valence-corrected chi connectivity index (χ2v) is 11.7. The lowest BCUT2D eigenvalue weighted by molar-refractivity contribution is 0.558. The second-order valence-electron chi connectivity index (χ2n) is 11.7. The van der Waals surface area contributed by atoms with Crippen LogP contribution in [0, 0.1) is 0 Å². The van der Waals surface area contributed by atoms with E-state index in [4.69, 9.17) is 19.4 Å². The van der Waals surface area contributed by atoms with Crippen LogP contribution in [0.15, 0.2) is 137 Å². The van der Waals surface area contributed by atoms with Crippen LogP contribution in [0.5, 0.6) is 0 Å². The zero-order valence-corrected chi connectivity index (χ0v) is 24.6. The molecule has 8 aromatic rings. The van der Waals surface area contributed by atoms with Crippen LogP contribution in [-0.4, -0.2) is 21.2 Å². The molecule has 0 saturated heterocycles. The van der Waals surface area contributed by atoms with Crippen molar-refractivity contribution in [2.75, 3.05) is 0 Å². The summed E-state index contributed by atoms with van der Waals surface area (Å²) in [4.78, 5) is 19.6. The van der Waals surface area contributed by atoms with Gasteiger partial charge in [0.2, 0.25) is 0 Å². The van der Waals surface area contributed by atoms with E-state index in [2.05, 4.69) is 71.7 Å². The van der Waals surface area contributed by atoms with Gasteiger partial charge in [-0.15, -0.1) is 0 Å². The summed E-state index contributed by atoms with van der Waals surface area (Å²) in [5.74, 6) is 2.72. The van der Waals surface area contributed by atoms with E-state index in [1.54, 1.807) is 0 Å². The van der Waals surface area contributed by atoms with Crippen molar-refractivity contribution in [3.8, 4) is 67.5 Å². The Hall–Kier alpha value is -6.20. The predicted octanol–water partition coefficient (Wildman–Crippen LogP) is 10.0. The summed E-state index contributed by atoms with van der Waals surface area (Å²) in [5.41, 5.74) is 11.9. The molecule has 46 heavy (non-hydrogen) atoms. The van der Waals surface area contributed by atoms with Gasteiger partial charge in [-0.2, -0.15) is 0 Å². The highest BCUT2D eigenvalue weighted by molar-refractivity contribution is 6.21. The van der Waals surface area contributed by atoms with Gasteiger partial charge >= 0.3 is 0 Å². The van der Waals surface area contributed by atoms with Crippen LogP contribution in [0.1, 0.15) is 11.3 Å². The highest BCUT2D eigenvalue weighted by Gasteiger charge is 2.27. The molecule has 0 radical (unpaired) electrons. The largest absolute Gasteiger partial charge is 0.458 e. The molecule has 0 unspecified atom stereocenters. The lowest BCUT2D eigenvalue weighted by Crippen LogP contribution is -2.01. The Morgan fingerprint density at radius 1 is 0.435 bits per heavy atom. The van der Waals surface area contributed by atoms with Gasteiger partial charge in [0, 0.05) is 39.4 Å². The number of hydrogen-bond acceptors (Lipinski definition) is 5. The maximum absolute atomic E-state index is 6.68. The molecule has 0 amide bonds. The van der Waals surface area contributed by atoms with Gasteiger partial charge in [-0.05, 0) is 50.7 Å². The Morgan fingerprint density at radius 3 is 1.72 bits per heavy atom. The van der Waals surface area contributed by atoms with Crippen molar-refractivity contribution in [3.05, 3.63) is 139 Å². The first-order valence-electron chi connectivity index (χ1n) is 15.4. The van der Waals surface area contributed by atoms with Crippen molar-refractivity contribution in [3.63, 3.8) is 0 Å². The molecule has 0 atom stereocenters. The molecule has 214 valence electrons. The fraction of sp³-hybridized carbons (Fsp3) is 0.0244. The zero-order valence-electron chi connectivity index (χ0n) is 24.6. The van der Waals surface area contributed by atoms with Gasteiger partial charge in [0.05, 0.1) is 6.54 Å². The minimum atomic E-state index is 0.518. The summed E-state index contributed by atoms with van der Waals surface area (Å²) < 4.78 is 6.68. The van der Waals surface area contributed by atoms with Crippen molar-refractivity contribution < 1.29 is 4.42 Å². The van der Waals surface area contributed by atoms with Crippen molar-refractivity contribution >= 4 is 28.0 Å². The van der Waals surface area contributed by atoms with Crippen LogP contribution in [0.3, 0.4) is 0 Å². The van der Waals surface area contributed by atoms with E-state index in [0.29, 0.717) is 24.0 Å². The van der Waals surface area contributed by atoms with Crippen LogP contribution in [-0.2, 0) is 6.54 Å². The molecule has 10 rings (SSSR count). The second kappa shape index (κ2) is 9.65. The summed E-state index contributed by atoms with van der Waals surface area (Å²) in [6.45, 7) is 0.518. The molecule has 3 heterocycles. The van der Waals surface area contributed by atoms with Crippen molar-refractivity contribution in [2.45, 2.75) is 6.54 Å². The van der Waals surface area contributed by atoms with Crippen LogP contribution >= 0.6 is 0 Å². The molecular weight excluding hydrogens is 564 g/mol. The number of fused-ring (bicyclic) bond motifs is 6. The van der Waals surface area contributed by atoms with E-state index in [1.165, 1.54) is 33.0 Å². The summed E-state index contributed by atoms with van der Waals surface area (Å²) >= 11 is 0. The third kappa shape index (κ3) is 3.63. The van der Waals surface area contributed by atoms with Gasteiger partial charge in [0.15, 0.2) is 17.5 Å². The molecule has 0 bridgehead atoms. The molecule has 0 N–H and O–H groups in total. The van der Waals surface area contributed by atoms with Crippen molar-refractivity contribution in [1.82, 2.24) is 15.0 Å². The molecule has 6 aromatic carbocycles. The maximum atomic E-state index is 6.68. The van der Waals surface area contributed by atoms with Crippen LogP contribution < -0.4 is 0 Å². The first-order valence-corrected chi connectivity index (χ1v) is 15.4. The number of furan rings is 1. The van der Waals surface area contributed by atoms with Gasteiger partial charge in [0.25, 0.3) is 0 Å². The molecule has 0 saturated carbocycles. The summed E-state index contributed by atoms with van der Waals surface area (Å²) in [6, 6.07) is 44.2. The molecule has 1 aliphatic carbocycles. The summed E-state index contributed by atoms with van der Waals surface area (Å²) in [7, 11) is 0. The SMILES string of the molecule is C1=NCc2oc3c(-c4ccc5c6c(cccc46)-c4ccccc4-5)ccc(-c4nc(-c5ccccc5)nc(-c5ccccc5)n4)c3c21. The van der Waals surface area contributed by atoms with Crippen molar-refractivity contribution in [1.29, 1.82) is 0 Å². The number of rotatable bonds is 4. The number of aliphatic imine (C=N–C) groups is 1. The number of benzene rings is 6. The number of aromatic nitrogens is 3. The van der Waals surface area contributed by atoms with Gasteiger partial charge < -0.3 is 4.42 Å².